The minimum atomic E-state index is -3.43. The fraction of sp³-hybridized carbons (Fsp3) is 0.571. The standard InChI is InChI=1S/C14H23NO2S/c1-5-14(6-2,7-3)15-18(16,17)13-11-9-8-10-12(13)4/h8-11,15H,5-7H2,1-4H3. The summed E-state index contributed by atoms with van der Waals surface area (Å²) in [6.07, 6.45) is 2.39. The summed E-state index contributed by atoms with van der Waals surface area (Å²) in [6, 6.07) is 7.08. The summed E-state index contributed by atoms with van der Waals surface area (Å²) >= 11 is 0. The predicted molar refractivity (Wildman–Crippen MR) is 75.1 cm³/mol. The fourth-order valence-corrected chi connectivity index (χ4v) is 4.03. The number of rotatable bonds is 6. The molecule has 0 heterocycles. The van der Waals surface area contributed by atoms with Crippen LogP contribution in [-0.4, -0.2) is 14.0 Å². The molecule has 0 aliphatic carbocycles. The second kappa shape index (κ2) is 5.85. The maximum absolute atomic E-state index is 12.4. The van der Waals surface area contributed by atoms with E-state index in [0.29, 0.717) is 4.90 Å². The van der Waals surface area contributed by atoms with Crippen LogP contribution in [0.4, 0.5) is 0 Å². The lowest BCUT2D eigenvalue weighted by molar-refractivity contribution is 0.341. The van der Waals surface area contributed by atoms with Gasteiger partial charge < -0.3 is 0 Å². The summed E-state index contributed by atoms with van der Waals surface area (Å²) in [5.74, 6) is 0. The van der Waals surface area contributed by atoms with E-state index in [1.165, 1.54) is 0 Å². The van der Waals surface area contributed by atoms with Gasteiger partial charge in [0.15, 0.2) is 0 Å². The topological polar surface area (TPSA) is 46.2 Å². The van der Waals surface area contributed by atoms with E-state index in [2.05, 4.69) is 4.72 Å². The Kier molecular flexibility index (Phi) is 4.93. The molecule has 0 aromatic heterocycles. The van der Waals surface area contributed by atoms with E-state index in [0.717, 1.165) is 24.8 Å². The zero-order valence-electron chi connectivity index (χ0n) is 11.7. The number of benzene rings is 1. The van der Waals surface area contributed by atoms with E-state index >= 15 is 0 Å². The summed E-state index contributed by atoms with van der Waals surface area (Å²) in [5.41, 5.74) is 0.448. The van der Waals surface area contributed by atoms with Gasteiger partial charge in [-0.05, 0) is 37.8 Å². The quantitative estimate of drug-likeness (QED) is 0.861. The average Bonchev–Trinajstić information content (AvgIpc) is 2.36. The van der Waals surface area contributed by atoms with E-state index in [1.54, 1.807) is 12.1 Å². The minimum Gasteiger partial charge on any atom is -0.207 e. The van der Waals surface area contributed by atoms with Crippen LogP contribution < -0.4 is 4.72 Å². The van der Waals surface area contributed by atoms with Gasteiger partial charge in [-0.1, -0.05) is 39.0 Å². The van der Waals surface area contributed by atoms with E-state index in [-0.39, 0.29) is 5.54 Å². The molecule has 1 aromatic carbocycles. The summed E-state index contributed by atoms with van der Waals surface area (Å²) in [5, 5.41) is 0. The molecule has 4 heteroatoms. The van der Waals surface area contributed by atoms with E-state index in [9.17, 15) is 8.42 Å². The molecule has 0 atom stereocenters. The zero-order chi connectivity index (χ0) is 13.8. The van der Waals surface area contributed by atoms with Gasteiger partial charge in [-0.3, -0.25) is 0 Å². The highest BCUT2D eigenvalue weighted by atomic mass is 32.2. The molecule has 0 saturated carbocycles. The van der Waals surface area contributed by atoms with Crippen LogP contribution >= 0.6 is 0 Å². The van der Waals surface area contributed by atoms with Gasteiger partial charge in [0.1, 0.15) is 0 Å². The normalized spacial score (nSPS) is 12.7. The third kappa shape index (κ3) is 3.12. The van der Waals surface area contributed by atoms with Crippen LogP contribution in [0.25, 0.3) is 0 Å². The van der Waals surface area contributed by atoms with Crippen LogP contribution in [0, 0.1) is 6.92 Å². The van der Waals surface area contributed by atoms with Crippen molar-refractivity contribution in [3.63, 3.8) is 0 Å². The third-order valence-corrected chi connectivity index (χ3v) is 5.50. The second-order valence-corrected chi connectivity index (χ2v) is 6.36. The highest BCUT2D eigenvalue weighted by Gasteiger charge is 2.30. The first-order valence-electron chi connectivity index (χ1n) is 6.50. The van der Waals surface area contributed by atoms with Crippen molar-refractivity contribution < 1.29 is 8.42 Å². The van der Waals surface area contributed by atoms with Crippen molar-refractivity contribution >= 4 is 10.0 Å². The van der Waals surface area contributed by atoms with Crippen molar-refractivity contribution in [2.45, 2.75) is 57.4 Å². The van der Waals surface area contributed by atoms with Crippen LogP contribution in [0.2, 0.25) is 0 Å². The number of aryl methyl sites for hydroxylation is 1. The Bertz CT molecular complexity index is 482. The fourth-order valence-electron chi connectivity index (χ4n) is 2.16. The maximum atomic E-state index is 12.4. The molecule has 0 spiro atoms. The van der Waals surface area contributed by atoms with Crippen molar-refractivity contribution in [3.8, 4) is 0 Å². The molecule has 0 aliphatic rings. The molecule has 0 unspecified atom stereocenters. The largest absolute Gasteiger partial charge is 0.241 e. The molecule has 18 heavy (non-hydrogen) atoms. The predicted octanol–water partition coefficient (Wildman–Crippen LogP) is 3.24. The molecule has 0 amide bonds. The Morgan fingerprint density at radius 2 is 1.56 bits per heavy atom. The van der Waals surface area contributed by atoms with E-state index in [1.807, 2.05) is 39.8 Å². The molecule has 1 aromatic rings. The van der Waals surface area contributed by atoms with Crippen LogP contribution in [0.1, 0.15) is 45.6 Å². The lowest BCUT2D eigenvalue weighted by atomic mass is 9.91. The van der Waals surface area contributed by atoms with Gasteiger partial charge in [0.05, 0.1) is 4.90 Å². The van der Waals surface area contributed by atoms with Crippen molar-refractivity contribution in [1.29, 1.82) is 0 Å². The van der Waals surface area contributed by atoms with Crippen LogP contribution in [0.5, 0.6) is 0 Å². The molecule has 0 aliphatic heterocycles. The van der Waals surface area contributed by atoms with Gasteiger partial charge in [0.25, 0.3) is 0 Å². The second-order valence-electron chi connectivity index (χ2n) is 4.71. The molecule has 0 fully saturated rings. The van der Waals surface area contributed by atoms with Gasteiger partial charge in [0, 0.05) is 5.54 Å². The molecule has 102 valence electrons. The summed E-state index contributed by atoms with van der Waals surface area (Å²) < 4.78 is 27.8. The average molecular weight is 269 g/mol. The van der Waals surface area contributed by atoms with Crippen LogP contribution in [-0.2, 0) is 10.0 Å². The minimum absolute atomic E-state index is 0.332. The van der Waals surface area contributed by atoms with Gasteiger partial charge in [-0.25, -0.2) is 13.1 Å². The van der Waals surface area contributed by atoms with Crippen molar-refractivity contribution in [2.24, 2.45) is 0 Å². The van der Waals surface area contributed by atoms with Crippen molar-refractivity contribution in [2.75, 3.05) is 0 Å². The molecule has 0 radical (unpaired) electrons. The van der Waals surface area contributed by atoms with Crippen molar-refractivity contribution in [1.82, 2.24) is 4.72 Å². The molecule has 1 N–H and O–H groups in total. The Morgan fingerprint density at radius 3 is 2.00 bits per heavy atom. The van der Waals surface area contributed by atoms with E-state index in [4.69, 9.17) is 0 Å². The number of sulfonamides is 1. The first kappa shape index (κ1) is 15.2. The summed E-state index contributed by atoms with van der Waals surface area (Å²) in [7, 11) is -3.43. The maximum Gasteiger partial charge on any atom is 0.241 e. The zero-order valence-corrected chi connectivity index (χ0v) is 12.5. The van der Waals surface area contributed by atoms with Gasteiger partial charge >= 0.3 is 0 Å². The Balaban J connectivity index is 3.13. The van der Waals surface area contributed by atoms with E-state index < -0.39 is 10.0 Å². The first-order chi connectivity index (χ1) is 8.40. The van der Waals surface area contributed by atoms with Gasteiger partial charge in [0.2, 0.25) is 10.0 Å². The molecule has 3 nitrogen and oxygen atoms in total. The summed E-state index contributed by atoms with van der Waals surface area (Å²) in [6.45, 7) is 7.88. The SMILES string of the molecule is CCC(CC)(CC)NS(=O)(=O)c1ccccc1C. The Morgan fingerprint density at radius 1 is 1.06 bits per heavy atom. The number of hydrogen-bond acceptors (Lipinski definition) is 2. The molecule has 1 rings (SSSR count). The number of hydrogen-bond donors (Lipinski definition) is 1. The monoisotopic (exact) mass is 269 g/mol. The number of nitrogens with one attached hydrogen (secondary N) is 1. The highest BCUT2D eigenvalue weighted by molar-refractivity contribution is 7.89. The Labute approximate surface area is 111 Å². The molecular weight excluding hydrogens is 246 g/mol. The lowest BCUT2D eigenvalue weighted by Gasteiger charge is -2.31. The first-order valence-corrected chi connectivity index (χ1v) is 7.98. The third-order valence-electron chi connectivity index (χ3n) is 3.76. The Hall–Kier alpha value is -0.870. The van der Waals surface area contributed by atoms with Crippen LogP contribution in [0.15, 0.2) is 29.2 Å². The van der Waals surface area contributed by atoms with Gasteiger partial charge in [-0.15, -0.1) is 0 Å². The summed E-state index contributed by atoms with van der Waals surface area (Å²) in [4.78, 5) is 0.379. The van der Waals surface area contributed by atoms with Crippen molar-refractivity contribution in [3.05, 3.63) is 29.8 Å². The molecular formula is C14H23NO2S. The highest BCUT2D eigenvalue weighted by Crippen LogP contribution is 2.24. The van der Waals surface area contributed by atoms with Crippen LogP contribution in [0.3, 0.4) is 0 Å². The molecule has 0 saturated heterocycles. The molecule has 0 bridgehead atoms. The van der Waals surface area contributed by atoms with Gasteiger partial charge in [-0.2, -0.15) is 0 Å². The smallest absolute Gasteiger partial charge is 0.207 e. The lowest BCUT2D eigenvalue weighted by Crippen LogP contribution is -2.47.